The summed E-state index contributed by atoms with van der Waals surface area (Å²) in [6.45, 7) is 3.35. The fourth-order valence-corrected chi connectivity index (χ4v) is 2.33. The van der Waals surface area contributed by atoms with E-state index < -0.39 is 0 Å². The van der Waals surface area contributed by atoms with Crippen LogP contribution in [0.1, 0.15) is 25.3 Å². The number of anilines is 2. The van der Waals surface area contributed by atoms with Gasteiger partial charge in [-0.3, -0.25) is 0 Å². The van der Waals surface area contributed by atoms with Crippen LogP contribution in [-0.4, -0.2) is 16.5 Å². The van der Waals surface area contributed by atoms with Gasteiger partial charge >= 0.3 is 0 Å². The van der Waals surface area contributed by atoms with E-state index in [9.17, 15) is 0 Å². The minimum Gasteiger partial charge on any atom is -0.483 e. The van der Waals surface area contributed by atoms with Crippen LogP contribution in [0.2, 0.25) is 5.02 Å². The Labute approximate surface area is 148 Å². The molecular weight excluding hydrogens is 415 g/mol. The van der Waals surface area contributed by atoms with E-state index in [1.807, 2.05) is 18.2 Å². The summed E-state index contributed by atoms with van der Waals surface area (Å²) in [4.78, 5) is 8.18. The Balaban J connectivity index is 2.06. The molecule has 0 aliphatic carbocycles. The molecule has 5 nitrogen and oxygen atoms in total. The molecule has 0 radical (unpaired) electrons. The number of nitrogen functional groups attached to an aromatic ring is 1. The third-order valence-corrected chi connectivity index (χ3v) is 4.55. The Bertz CT molecular complexity index is 639. The molecule has 0 atom stereocenters. The van der Waals surface area contributed by atoms with Crippen molar-refractivity contribution in [3.8, 4) is 5.75 Å². The number of rotatable bonds is 7. The maximum atomic E-state index is 6.12. The van der Waals surface area contributed by atoms with E-state index in [1.165, 1.54) is 0 Å². The lowest BCUT2D eigenvalue weighted by atomic mass is 10.2. The normalized spacial score (nSPS) is 10.5. The maximum absolute atomic E-state index is 6.12. The van der Waals surface area contributed by atoms with Crippen molar-refractivity contribution < 1.29 is 4.74 Å². The number of halogens is 2. The first-order valence-corrected chi connectivity index (χ1v) is 8.49. The molecule has 2 aromatic rings. The number of nitrogens with zero attached hydrogens (tertiary/aromatic N) is 2. The lowest BCUT2D eigenvalue weighted by Crippen LogP contribution is -2.08. The van der Waals surface area contributed by atoms with Crippen molar-refractivity contribution in [2.45, 2.75) is 26.4 Å². The molecule has 1 heterocycles. The zero-order valence-corrected chi connectivity index (χ0v) is 15.2. The number of nitrogens with two attached hydrogens (primary N) is 1. The summed E-state index contributed by atoms with van der Waals surface area (Å²) < 4.78 is 6.81. The highest BCUT2D eigenvalue weighted by molar-refractivity contribution is 14.1. The van der Waals surface area contributed by atoms with Crippen molar-refractivity contribution in [3.63, 3.8) is 0 Å². The van der Waals surface area contributed by atoms with E-state index in [0.717, 1.165) is 33.5 Å². The average Bonchev–Trinajstić information content (AvgIpc) is 2.50. The van der Waals surface area contributed by atoms with Gasteiger partial charge in [-0.2, -0.15) is 4.98 Å². The van der Waals surface area contributed by atoms with Gasteiger partial charge in [-0.1, -0.05) is 31.0 Å². The highest BCUT2D eigenvalue weighted by Gasteiger charge is 2.08. The van der Waals surface area contributed by atoms with Crippen LogP contribution < -0.4 is 15.8 Å². The van der Waals surface area contributed by atoms with Crippen molar-refractivity contribution in [1.82, 2.24) is 9.97 Å². The molecule has 1 aromatic carbocycles. The maximum Gasteiger partial charge on any atom is 0.222 e. The molecule has 1 aromatic heterocycles. The molecular formula is C15H18ClIN4O. The summed E-state index contributed by atoms with van der Waals surface area (Å²) in [5, 5.41) is 3.95. The minimum absolute atomic E-state index is 0.226. The van der Waals surface area contributed by atoms with Gasteiger partial charge in [-0.25, -0.2) is 4.98 Å². The van der Waals surface area contributed by atoms with Gasteiger partial charge in [-0.15, -0.1) is 0 Å². The first-order chi connectivity index (χ1) is 10.6. The number of unbranched alkanes of at least 4 members (excludes halogenated alkanes) is 1. The summed E-state index contributed by atoms with van der Waals surface area (Å²) in [6.07, 6.45) is 3.74. The minimum atomic E-state index is 0.226. The van der Waals surface area contributed by atoms with Crippen molar-refractivity contribution in [2.24, 2.45) is 0 Å². The predicted octanol–water partition coefficient (Wildman–Crippen LogP) is 4.11. The Hall–Kier alpha value is -1.28. The average molecular weight is 433 g/mol. The van der Waals surface area contributed by atoms with E-state index in [0.29, 0.717) is 18.2 Å². The van der Waals surface area contributed by atoms with E-state index in [-0.39, 0.29) is 5.95 Å². The van der Waals surface area contributed by atoms with Crippen LogP contribution in [0.25, 0.3) is 0 Å². The van der Waals surface area contributed by atoms with Gasteiger partial charge in [-0.05, 0) is 46.7 Å². The fraction of sp³-hybridized carbons (Fsp3) is 0.333. The number of aromatic nitrogens is 2. The molecule has 118 valence electrons. The summed E-state index contributed by atoms with van der Waals surface area (Å²) in [7, 11) is 0. The van der Waals surface area contributed by atoms with Crippen LogP contribution in [0.4, 0.5) is 11.8 Å². The van der Waals surface area contributed by atoms with Crippen LogP contribution in [0.15, 0.2) is 24.4 Å². The van der Waals surface area contributed by atoms with Gasteiger partial charge in [0.15, 0.2) is 11.6 Å². The lowest BCUT2D eigenvalue weighted by molar-refractivity contribution is 0.305. The molecule has 0 saturated heterocycles. The Morgan fingerprint density at radius 1 is 1.41 bits per heavy atom. The zero-order chi connectivity index (χ0) is 15.9. The SMILES string of the molecule is CCCCNc1nc(N)ncc1OCc1ccc(I)c(Cl)c1. The smallest absolute Gasteiger partial charge is 0.222 e. The van der Waals surface area contributed by atoms with Crippen molar-refractivity contribution in [3.05, 3.63) is 38.6 Å². The largest absolute Gasteiger partial charge is 0.483 e. The van der Waals surface area contributed by atoms with Crippen molar-refractivity contribution in [1.29, 1.82) is 0 Å². The molecule has 0 saturated carbocycles. The van der Waals surface area contributed by atoms with Crippen molar-refractivity contribution in [2.75, 3.05) is 17.6 Å². The van der Waals surface area contributed by atoms with Crippen LogP contribution in [0.5, 0.6) is 5.75 Å². The quantitative estimate of drug-likeness (QED) is 0.509. The Morgan fingerprint density at radius 2 is 2.23 bits per heavy atom. The van der Waals surface area contributed by atoms with Gasteiger partial charge in [0.2, 0.25) is 5.95 Å². The number of nitrogens with one attached hydrogen (secondary N) is 1. The third-order valence-electron chi connectivity index (χ3n) is 2.97. The molecule has 22 heavy (non-hydrogen) atoms. The summed E-state index contributed by atoms with van der Waals surface area (Å²) in [5.74, 6) is 1.43. The summed E-state index contributed by atoms with van der Waals surface area (Å²) in [6, 6.07) is 5.84. The second-order valence-electron chi connectivity index (χ2n) is 4.76. The molecule has 2 rings (SSSR count). The molecule has 0 spiro atoms. The van der Waals surface area contributed by atoms with Gasteiger partial charge in [0.05, 0.1) is 11.2 Å². The Kier molecular flexibility index (Phi) is 6.50. The number of ether oxygens (including phenoxy) is 1. The lowest BCUT2D eigenvalue weighted by Gasteiger charge is -2.12. The summed E-state index contributed by atoms with van der Waals surface area (Å²) in [5.41, 5.74) is 6.63. The summed E-state index contributed by atoms with van der Waals surface area (Å²) >= 11 is 8.31. The second-order valence-corrected chi connectivity index (χ2v) is 6.33. The molecule has 0 aliphatic rings. The molecule has 0 unspecified atom stereocenters. The molecule has 7 heteroatoms. The van der Waals surface area contributed by atoms with E-state index in [2.05, 4.69) is 44.8 Å². The first-order valence-electron chi connectivity index (χ1n) is 7.03. The molecule has 0 fully saturated rings. The monoisotopic (exact) mass is 432 g/mol. The molecule has 3 N–H and O–H groups in total. The van der Waals surface area contributed by atoms with Gasteiger partial charge in [0.25, 0.3) is 0 Å². The zero-order valence-electron chi connectivity index (χ0n) is 12.3. The van der Waals surface area contributed by atoms with E-state index in [4.69, 9.17) is 22.1 Å². The van der Waals surface area contributed by atoms with Crippen LogP contribution >= 0.6 is 34.2 Å². The van der Waals surface area contributed by atoms with Crippen molar-refractivity contribution >= 4 is 46.0 Å². The third kappa shape index (κ3) is 4.88. The van der Waals surface area contributed by atoms with Crippen LogP contribution in [0.3, 0.4) is 0 Å². The second kappa shape index (κ2) is 8.38. The highest BCUT2D eigenvalue weighted by atomic mass is 127. The number of benzene rings is 1. The van der Waals surface area contributed by atoms with E-state index in [1.54, 1.807) is 6.20 Å². The molecule has 0 amide bonds. The first kappa shape index (κ1) is 17.1. The highest BCUT2D eigenvalue weighted by Crippen LogP contribution is 2.24. The number of hydrogen-bond acceptors (Lipinski definition) is 5. The molecule has 0 aliphatic heterocycles. The fourth-order valence-electron chi connectivity index (χ4n) is 1.79. The molecule has 0 bridgehead atoms. The topological polar surface area (TPSA) is 73.1 Å². The van der Waals surface area contributed by atoms with Gasteiger partial charge in [0, 0.05) is 10.1 Å². The van der Waals surface area contributed by atoms with Crippen LogP contribution in [0, 0.1) is 3.57 Å². The van der Waals surface area contributed by atoms with Crippen LogP contribution in [-0.2, 0) is 6.61 Å². The number of hydrogen-bond donors (Lipinski definition) is 2. The Morgan fingerprint density at radius 3 is 2.95 bits per heavy atom. The van der Waals surface area contributed by atoms with Gasteiger partial charge < -0.3 is 15.8 Å². The van der Waals surface area contributed by atoms with E-state index >= 15 is 0 Å². The predicted molar refractivity (Wildman–Crippen MR) is 98.3 cm³/mol. The standard InChI is InChI=1S/C15H18ClIN4O/c1-2-3-6-19-14-13(8-20-15(18)21-14)22-9-10-4-5-12(17)11(16)7-10/h4-5,7-8H,2-3,6,9H2,1H3,(H3,18,19,20,21). The van der Waals surface area contributed by atoms with Gasteiger partial charge in [0.1, 0.15) is 6.61 Å².